The summed E-state index contributed by atoms with van der Waals surface area (Å²) >= 11 is 6.01. The molecule has 2 rings (SSSR count). The van der Waals surface area contributed by atoms with Gasteiger partial charge in [0.05, 0.1) is 6.20 Å². The first-order chi connectivity index (χ1) is 6.18. The monoisotopic (exact) mass is 199 g/mol. The van der Waals surface area contributed by atoms with Crippen LogP contribution < -0.4 is 5.73 Å². The van der Waals surface area contributed by atoms with Crippen molar-refractivity contribution in [2.45, 2.75) is 38.3 Å². The second-order valence-corrected chi connectivity index (χ2v) is 4.19. The molecule has 0 aromatic carbocycles. The standard InChI is InChI=1S/C9H14ClN3/c1-6(11)5-13-8(10)4-12-9(13)7-2-3-7/h4,6-7H,2-3,5,11H2,1H3. The molecule has 1 aliphatic rings. The van der Waals surface area contributed by atoms with Crippen LogP contribution in [0.5, 0.6) is 0 Å². The Balaban J connectivity index is 2.23. The summed E-state index contributed by atoms with van der Waals surface area (Å²) in [7, 11) is 0. The summed E-state index contributed by atoms with van der Waals surface area (Å²) in [5.74, 6) is 1.74. The molecule has 1 aromatic heterocycles. The Bertz CT molecular complexity index is 302. The first-order valence-corrected chi connectivity index (χ1v) is 5.02. The molecule has 2 N–H and O–H groups in total. The summed E-state index contributed by atoms with van der Waals surface area (Å²) in [4.78, 5) is 4.31. The first-order valence-electron chi connectivity index (χ1n) is 4.65. The second kappa shape index (κ2) is 3.31. The number of aromatic nitrogens is 2. The minimum atomic E-state index is 0.129. The van der Waals surface area contributed by atoms with Crippen molar-refractivity contribution in [2.75, 3.05) is 0 Å². The molecule has 0 aliphatic heterocycles. The lowest BCUT2D eigenvalue weighted by atomic mass is 10.3. The van der Waals surface area contributed by atoms with Crippen LogP contribution in [-0.2, 0) is 6.54 Å². The highest BCUT2D eigenvalue weighted by Crippen LogP contribution is 2.40. The van der Waals surface area contributed by atoms with Crippen LogP contribution in [0.2, 0.25) is 5.15 Å². The predicted octanol–water partition coefficient (Wildman–Crippen LogP) is 1.76. The number of nitrogens with two attached hydrogens (primary N) is 1. The fourth-order valence-corrected chi connectivity index (χ4v) is 1.71. The zero-order chi connectivity index (χ0) is 9.42. The summed E-state index contributed by atoms with van der Waals surface area (Å²) in [5.41, 5.74) is 5.73. The van der Waals surface area contributed by atoms with Gasteiger partial charge < -0.3 is 10.3 Å². The summed E-state index contributed by atoms with van der Waals surface area (Å²) in [6.45, 7) is 2.75. The average molecular weight is 200 g/mol. The fourth-order valence-electron chi connectivity index (χ4n) is 1.50. The van der Waals surface area contributed by atoms with Crippen molar-refractivity contribution < 1.29 is 0 Å². The zero-order valence-corrected chi connectivity index (χ0v) is 8.46. The van der Waals surface area contributed by atoms with E-state index in [1.54, 1.807) is 6.20 Å². The maximum Gasteiger partial charge on any atom is 0.128 e. The molecule has 0 amide bonds. The van der Waals surface area contributed by atoms with E-state index in [2.05, 4.69) is 4.98 Å². The van der Waals surface area contributed by atoms with Crippen LogP contribution in [0.4, 0.5) is 0 Å². The van der Waals surface area contributed by atoms with Gasteiger partial charge in [-0.3, -0.25) is 0 Å². The molecule has 1 aromatic rings. The van der Waals surface area contributed by atoms with Gasteiger partial charge in [-0.25, -0.2) is 4.98 Å². The zero-order valence-electron chi connectivity index (χ0n) is 7.70. The highest BCUT2D eigenvalue weighted by Gasteiger charge is 2.29. The molecule has 72 valence electrons. The number of imidazole rings is 1. The molecule has 4 heteroatoms. The van der Waals surface area contributed by atoms with E-state index < -0.39 is 0 Å². The highest BCUT2D eigenvalue weighted by molar-refractivity contribution is 6.29. The maximum atomic E-state index is 6.01. The molecule has 0 radical (unpaired) electrons. The van der Waals surface area contributed by atoms with Crippen LogP contribution in [0, 0.1) is 0 Å². The third kappa shape index (κ3) is 1.86. The van der Waals surface area contributed by atoms with Gasteiger partial charge in [0.1, 0.15) is 11.0 Å². The quantitative estimate of drug-likeness (QED) is 0.807. The van der Waals surface area contributed by atoms with Gasteiger partial charge in [0.2, 0.25) is 0 Å². The molecule has 0 spiro atoms. The summed E-state index contributed by atoms with van der Waals surface area (Å²) in [6, 6.07) is 0.129. The third-order valence-electron chi connectivity index (χ3n) is 2.25. The second-order valence-electron chi connectivity index (χ2n) is 3.80. The normalized spacial score (nSPS) is 19.0. The molecule has 0 bridgehead atoms. The molecule has 13 heavy (non-hydrogen) atoms. The van der Waals surface area contributed by atoms with Crippen LogP contribution in [0.1, 0.15) is 31.5 Å². The predicted molar refractivity (Wildman–Crippen MR) is 52.9 cm³/mol. The molecule has 3 nitrogen and oxygen atoms in total. The van der Waals surface area contributed by atoms with Crippen molar-refractivity contribution in [2.24, 2.45) is 5.73 Å². The third-order valence-corrected chi connectivity index (χ3v) is 2.55. The van der Waals surface area contributed by atoms with Gasteiger partial charge in [-0.2, -0.15) is 0 Å². The number of halogens is 1. The molecule has 0 saturated heterocycles. The summed E-state index contributed by atoms with van der Waals surface area (Å²) in [6.07, 6.45) is 4.20. The largest absolute Gasteiger partial charge is 0.326 e. The number of hydrogen-bond donors (Lipinski definition) is 1. The minimum absolute atomic E-state index is 0.129. The Morgan fingerprint density at radius 1 is 1.77 bits per heavy atom. The van der Waals surface area contributed by atoms with Gasteiger partial charge >= 0.3 is 0 Å². The summed E-state index contributed by atoms with van der Waals surface area (Å²) in [5, 5.41) is 0.708. The van der Waals surface area contributed by atoms with Gasteiger partial charge in [-0.05, 0) is 19.8 Å². The van der Waals surface area contributed by atoms with E-state index in [1.807, 2.05) is 11.5 Å². The van der Waals surface area contributed by atoms with E-state index in [4.69, 9.17) is 17.3 Å². The number of rotatable bonds is 3. The molecular weight excluding hydrogens is 186 g/mol. The van der Waals surface area contributed by atoms with E-state index in [1.165, 1.54) is 12.8 Å². The minimum Gasteiger partial charge on any atom is -0.326 e. The van der Waals surface area contributed by atoms with Crippen LogP contribution in [0.25, 0.3) is 0 Å². The molecule has 1 aliphatic carbocycles. The van der Waals surface area contributed by atoms with Gasteiger partial charge in [0.25, 0.3) is 0 Å². The molecule has 1 unspecified atom stereocenters. The van der Waals surface area contributed by atoms with Gasteiger partial charge in [0, 0.05) is 18.5 Å². The molecule has 1 fully saturated rings. The SMILES string of the molecule is CC(N)Cn1c(Cl)cnc1C1CC1. The molecule has 1 atom stereocenters. The van der Waals surface area contributed by atoms with Crippen molar-refractivity contribution in [1.29, 1.82) is 0 Å². The van der Waals surface area contributed by atoms with Gasteiger partial charge in [0.15, 0.2) is 0 Å². The Morgan fingerprint density at radius 2 is 2.46 bits per heavy atom. The molecule has 1 heterocycles. The van der Waals surface area contributed by atoms with E-state index in [0.29, 0.717) is 11.1 Å². The molecule has 1 saturated carbocycles. The summed E-state index contributed by atoms with van der Waals surface area (Å²) < 4.78 is 2.03. The van der Waals surface area contributed by atoms with E-state index >= 15 is 0 Å². The van der Waals surface area contributed by atoms with Crippen molar-refractivity contribution in [1.82, 2.24) is 9.55 Å². The highest BCUT2D eigenvalue weighted by atomic mass is 35.5. The Morgan fingerprint density at radius 3 is 3.00 bits per heavy atom. The number of nitrogens with zero attached hydrogens (tertiary/aromatic N) is 2. The maximum absolute atomic E-state index is 6.01. The Hall–Kier alpha value is -0.540. The average Bonchev–Trinajstić information content (AvgIpc) is 2.81. The van der Waals surface area contributed by atoms with Crippen LogP contribution >= 0.6 is 11.6 Å². The van der Waals surface area contributed by atoms with Gasteiger partial charge in [-0.1, -0.05) is 11.6 Å². The van der Waals surface area contributed by atoms with Crippen molar-refractivity contribution in [3.05, 3.63) is 17.2 Å². The van der Waals surface area contributed by atoms with Crippen LogP contribution in [-0.4, -0.2) is 15.6 Å². The lowest BCUT2D eigenvalue weighted by molar-refractivity contribution is 0.567. The fraction of sp³-hybridized carbons (Fsp3) is 0.667. The topological polar surface area (TPSA) is 43.8 Å². The van der Waals surface area contributed by atoms with Crippen LogP contribution in [0.3, 0.4) is 0 Å². The lowest BCUT2D eigenvalue weighted by Crippen LogP contribution is -2.23. The first kappa shape index (κ1) is 9.03. The van der Waals surface area contributed by atoms with Gasteiger partial charge in [-0.15, -0.1) is 0 Å². The van der Waals surface area contributed by atoms with E-state index in [-0.39, 0.29) is 6.04 Å². The molecular formula is C9H14ClN3. The van der Waals surface area contributed by atoms with E-state index in [0.717, 1.165) is 12.4 Å². The van der Waals surface area contributed by atoms with Crippen molar-refractivity contribution >= 4 is 11.6 Å². The van der Waals surface area contributed by atoms with Crippen molar-refractivity contribution in [3.63, 3.8) is 0 Å². The van der Waals surface area contributed by atoms with Crippen LogP contribution in [0.15, 0.2) is 6.20 Å². The number of hydrogen-bond acceptors (Lipinski definition) is 2. The Kier molecular flexibility index (Phi) is 2.30. The van der Waals surface area contributed by atoms with Crippen molar-refractivity contribution in [3.8, 4) is 0 Å². The Labute approximate surface area is 82.9 Å². The lowest BCUT2D eigenvalue weighted by Gasteiger charge is -2.10. The van der Waals surface area contributed by atoms with E-state index in [9.17, 15) is 0 Å². The smallest absolute Gasteiger partial charge is 0.128 e.